The summed E-state index contributed by atoms with van der Waals surface area (Å²) >= 11 is 0. The number of carboxylic acid groups (broad SMARTS) is 1. The Morgan fingerprint density at radius 1 is 1.47 bits per heavy atom. The summed E-state index contributed by atoms with van der Waals surface area (Å²) in [4.78, 5) is 17.0. The summed E-state index contributed by atoms with van der Waals surface area (Å²) in [6, 6.07) is 4.03. The van der Waals surface area contributed by atoms with Crippen molar-refractivity contribution in [1.29, 1.82) is 0 Å². The second kappa shape index (κ2) is 6.63. The van der Waals surface area contributed by atoms with Gasteiger partial charge in [0.05, 0.1) is 6.10 Å². The Bertz CT molecular complexity index is 410. The molecule has 1 aromatic rings. The van der Waals surface area contributed by atoms with Crippen molar-refractivity contribution in [2.45, 2.75) is 31.5 Å². The highest BCUT2D eigenvalue weighted by molar-refractivity contribution is 5.72. The Morgan fingerprint density at radius 2 is 2.21 bits per heavy atom. The molecule has 1 aliphatic heterocycles. The van der Waals surface area contributed by atoms with E-state index in [9.17, 15) is 4.79 Å². The van der Waals surface area contributed by atoms with Crippen LogP contribution in [-0.2, 0) is 16.0 Å². The second-order valence-electron chi connectivity index (χ2n) is 5.03. The van der Waals surface area contributed by atoms with Gasteiger partial charge in [-0.2, -0.15) is 0 Å². The summed E-state index contributed by atoms with van der Waals surface area (Å²) in [6.07, 6.45) is 5.45. The van der Waals surface area contributed by atoms with Crippen LogP contribution in [0.1, 0.15) is 18.4 Å². The number of aromatic nitrogens is 1. The molecule has 1 aliphatic rings. The highest BCUT2D eigenvalue weighted by Gasteiger charge is 2.30. The van der Waals surface area contributed by atoms with E-state index in [0.717, 1.165) is 25.9 Å². The molecule has 19 heavy (non-hydrogen) atoms. The van der Waals surface area contributed by atoms with Crippen molar-refractivity contribution in [3.05, 3.63) is 30.1 Å². The van der Waals surface area contributed by atoms with E-state index in [1.165, 1.54) is 5.56 Å². The van der Waals surface area contributed by atoms with Gasteiger partial charge >= 0.3 is 5.97 Å². The van der Waals surface area contributed by atoms with E-state index in [4.69, 9.17) is 9.84 Å². The molecule has 0 aromatic carbocycles. The van der Waals surface area contributed by atoms with Gasteiger partial charge in [0.1, 0.15) is 0 Å². The number of ether oxygens (including phenoxy) is 1. The molecular formula is C14H20N2O3. The van der Waals surface area contributed by atoms with Crippen LogP contribution in [0.25, 0.3) is 0 Å². The maximum absolute atomic E-state index is 10.8. The van der Waals surface area contributed by atoms with Gasteiger partial charge in [0, 0.05) is 25.5 Å². The third kappa shape index (κ3) is 4.29. The molecule has 0 bridgehead atoms. The number of pyridine rings is 1. The van der Waals surface area contributed by atoms with E-state index in [1.807, 2.05) is 19.2 Å². The predicted octanol–water partition coefficient (Wildman–Crippen LogP) is 1.19. The number of rotatable bonds is 6. The summed E-state index contributed by atoms with van der Waals surface area (Å²) in [5.74, 6) is -0.845. The summed E-state index contributed by atoms with van der Waals surface area (Å²) in [7, 11) is 2.04. The van der Waals surface area contributed by atoms with Crippen LogP contribution >= 0.6 is 0 Å². The molecule has 2 atom stereocenters. The topological polar surface area (TPSA) is 62.7 Å². The minimum atomic E-state index is -0.845. The van der Waals surface area contributed by atoms with E-state index in [1.54, 1.807) is 12.4 Å². The first-order chi connectivity index (χ1) is 9.15. The van der Waals surface area contributed by atoms with Gasteiger partial charge in [-0.1, -0.05) is 0 Å². The molecule has 1 fully saturated rings. The third-order valence-corrected chi connectivity index (χ3v) is 3.43. The van der Waals surface area contributed by atoms with Gasteiger partial charge in [0.2, 0.25) is 0 Å². The SMILES string of the molecule is CN(CCc1ccncc1)CC1CCC(C(=O)O)O1. The summed E-state index contributed by atoms with van der Waals surface area (Å²) in [5.41, 5.74) is 1.26. The largest absolute Gasteiger partial charge is 0.479 e. The first-order valence-corrected chi connectivity index (χ1v) is 6.61. The lowest BCUT2D eigenvalue weighted by atomic mass is 10.1. The predicted molar refractivity (Wildman–Crippen MR) is 71.0 cm³/mol. The minimum Gasteiger partial charge on any atom is -0.479 e. The third-order valence-electron chi connectivity index (χ3n) is 3.43. The molecular weight excluding hydrogens is 244 g/mol. The van der Waals surface area contributed by atoms with Crippen LogP contribution < -0.4 is 0 Å². The monoisotopic (exact) mass is 264 g/mol. The molecule has 0 saturated carbocycles. The highest BCUT2D eigenvalue weighted by Crippen LogP contribution is 2.20. The molecule has 104 valence electrons. The van der Waals surface area contributed by atoms with Crippen molar-refractivity contribution >= 4 is 5.97 Å². The zero-order chi connectivity index (χ0) is 13.7. The number of nitrogens with zero attached hydrogens (tertiary/aromatic N) is 2. The lowest BCUT2D eigenvalue weighted by Crippen LogP contribution is -2.32. The van der Waals surface area contributed by atoms with Gasteiger partial charge in [-0.15, -0.1) is 0 Å². The average Bonchev–Trinajstić information content (AvgIpc) is 2.86. The number of aliphatic carboxylic acids is 1. The Hall–Kier alpha value is -1.46. The van der Waals surface area contributed by atoms with Crippen molar-refractivity contribution < 1.29 is 14.6 Å². The molecule has 5 heteroatoms. The molecule has 2 rings (SSSR count). The standard InChI is InChI=1S/C14H20N2O3/c1-16(9-6-11-4-7-15-8-5-11)10-12-2-3-13(19-12)14(17)18/h4-5,7-8,12-13H,2-3,6,9-10H2,1H3,(H,17,18). The van der Waals surface area contributed by atoms with Crippen LogP contribution in [0.4, 0.5) is 0 Å². The van der Waals surface area contributed by atoms with E-state index in [0.29, 0.717) is 6.42 Å². The number of carbonyl (C=O) groups is 1. The molecule has 0 spiro atoms. The quantitative estimate of drug-likeness (QED) is 0.836. The normalized spacial score (nSPS) is 22.8. The Morgan fingerprint density at radius 3 is 2.84 bits per heavy atom. The first kappa shape index (κ1) is 14.0. The summed E-state index contributed by atoms with van der Waals surface area (Å²) in [5, 5.41) is 8.87. The molecule has 0 amide bonds. The number of hydrogen-bond donors (Lipinski definition) is 1. The van der Waals surface area contributed by atoms with Crippen molar-refractivity contribution in [2.24, 2.45) is 0 Å². The number of carboxylic acids is 1. The Kier molecular flexibility index (Phi) is 4.87. The van der Waals surface area contributed by atoms with Crippen molar-refractivity contribution in [2.75, 3.05) is 20.1 Å². The molecule has 1 N–H and O–H groups in total. The molecule has 0 radical (unpaired) electrons. The fraction of sp³-hybridized carbons (Fsp3) is 0.571. The maximum Gasteiger partial charge on any atom is 0.332 e. The van der Waals surface area contributed by atoms with Crippen LogP contribution in [-0.4, -0.2) is 53.3 Å². The highest BCUT2D eigenvalue weighted by atomic mass is 16.5. The van der Waals surface area contributed by atoms with E-state index in [2.05, 4.69) is 9.88 Å². The van der Waals surface area contributed by atoms with Crippen molar-refractivity contribution in [3.8, 4) is 0 Å². The fourth-order valence-electron chi connectivity index (χ4n) is 2.33. The summed E-state index contributed by atoms with van der Waals surface area (Å²) in [6.45, 7) is 1.72. The zero-order valence-electron chi connectivity index (χ0n) is 11.2. The zero-order valence-corrected chi connectivity index (χ0v) is 11.2. The number of likely N-dealkylation sites (N-methyl/N-ethyl adjacent to an activating group) is 1. The van der Waals surface area contributed by atoms with Crippen molar-refractivity contribution in [1.82, 2.24) is 9.88 Å². The van der Waals surface area contributed by atoms with Gasteiger partial charge in [0.15, 0.2) is 6.10 Å². The van der Waals surface area contributed by atoms with Crippen LogP contribution in [0.15, 0.2) is 24.5 Å². The van der Waals surface area contributed by atoms with Gasteiger partial charge in [-0.3, -0.25) is 4.98 Å². The van der Waals surface area contributed by atoms with Gasteiger partial charge < -0.3 is 14.7 Å². The smallest absolute Gasteiger partial charge is 0.332 e. The van der Waals surface area contributed by atoms with Crippen molar-refractivity contribution in [3.63, 3.8) is 0 Å². The Balaban J connectivity index is 1.70. The van der Waals surface area contributed by atoms with Crippen LogP contribution in [0.3, 0.4) is 0 Å². The molecule has 0 aliphatic carbocycles. The molecule has 1 saturated heterocycles. The first-order valence-electron chi connectivity index (χ1n) is 6.61. The van der Waals surface area contributed by atoms with E-state index >= 15 is 0 Å². The molecule has 5 nitrogen and oxygen atoms in total. The molecule has 2 unspecified atom stereocenters. The average molecular weight is 264 g/mol. The lowest BCUT2D eigenvalue weighted by molar-refractivity contribution is -0.149. The molecule has 2 heterocycles. The molecule has 1 aromatic heterocycles. The van der Waals surface area contributed by atoms with Gasteiger partial charge in [0.25, 0.3) is 0 Å². The lowest BCUT2D eigenvalue weighted by Gasteiger charge is -2.20. The minimum absolute atomic E-state index is 0.0449. The van der Waals surface area contributed by atoms with Gasteiger partial charge in [-0.25, -0.2) is 4.79 Å². The van der Waals surface area contributed by atoms with Crippen LogP contribution in [0.2, 0.25) is 0 Å². The van der Waals surface area contributed by atoms with Gasteiger partial charge in [-0.05, 0) is 44.0 Å². The van der Waals surface area contributed by atoms with E-state index < -0.39 is 12.1 Å². The maximum atomic E-state index is 10.8. The van der Waals surface area contributed by atoms with E-state index in [-0.39, 0.29) is 6.10 Å². The summed E-state index contributed by atoms with van der Waals surface area (Å²) < 4.78 is 5.49. The van der Waals surface area contributed by atoms with Crippen LogP contribution in [0.5, 0.6) is 0 Å². The second-order valence-corrected chi connectivity index (χ2v) is 5.03. The fourth-order valence-corrected chi connectivity index (χ4v) is 2.33. The van der Waals surface area contributed by atoms with Crippen LogP contribution in [0, 0.1) is 0 Å². The number of hydrogen-bond acceptors (Lipinski definition) is 4. The Labute approximate surface area is 113 Å².